The van der Waals surface area contributed by atoms with Gasteiger partial charge >= 0.3 is 18.0 Å². The Bertz CT molecular complexity index is 398. The number of urea groups is 1. The molecule has 0 radical (unpaired) electrons. The van der Waals surface area contributed by atoms with Gasteiger partial charge in [0, 0.05) is 26.2 Å². The molecule has 0 aromatic heterocycles. The Labute approximate surface area is 111 Å². The first-order chi connectivity index (χ1) is 9.02. The zero-order valence-corrected chi connectivity index (χ0v) is 10.9. The molecule has 2 heterocycles. The molecule has 0 saturated carbocycles. The number of aliphatic carboxylic acids is 1. The molecule has 0 bridgehead atoms. The number of likely N-dealkylation sites (tertiary alicyclic amines) is 2. The van der Waals surface area contributed by atoms with Crippen molar-refractivity contribution < 1.29 is 24.2 Å². The third-order valence-corrected chi connectivity index (χ3v) is 3.80. The van der Waals surface area contributed by atoms with Gasteiger partial charge in [0.1, 0.15) is 0 Å². The molecule has 0 aliphatic carbocycles. The fraction of sp³-hybridized carbons (Fsp3) is 0.750. The van der Waals surface area contributed by atoms with Gasteiger partial charge in [-0.1, -0.05) is 0 Å². The summed E-state index contributed by atoms with van der Waals surface area (Å²) in [5.41, 5.74) is 0. The lowest BCUT2D eigenvalue weighted by molar-refractivity contribution is -0.145. The predicted octanol–water partition coefficient (Wildman–Crippen LogP) is 0.00780. The van der Waals surface area contributed by atoms with Crippen LogP contribution in [0.1, 0.15) is 12.8 Å². The molecule has 7 heteroatoms. The van der Waals surface area contributed by atoms with E-state index in [-0.39, 0.29) is 24.5 Å². The van der Waals surface area contributed by atoms with E-state index >= 15 is 0 Å². The SMILES string of the molecule is COC(=O)C1CCN(C(=O)N2CCC(C(=O)O)C2)C1. The highest BCUT2D eigenvalue weighted by molar-refractivity contribution is 5.79. The Kier molecular flexibility index (Phi) is 3.92. The van der Waals surface area contributed by atoms with E-state index in [1.54, 1.807) is 9.80 Å². The van der Waals surface area contributed by atoms with Crippen molar-refractivity contribution in [2.75, 3.05) is 33.3 Å². The normalized spacial score (nSPS) is 26.6. The number of carboxylic acids is 1. The van der Waals surface area contributed by atoms with Gasteiger partial charge in [-0.15, -0.1) is 0 Å². The monoisotopic (exact) mass is 270 g/mol. The van der Waals surface area contributed by atoms with Crippen LogP contribution in [0, 0.1) is 11.8 Å². The van der Waals surface area contributed by atoms with Crippen LogP contribution in [0.15, 0.2) is 0 Å². The van der Waals surface area contributed by atoms with Crippen LogP contribution in [0.3, 0.4) is 0 Å². The van der Waals surface area contributed by atoms with Crippen molar-refractivity contribution in [3.05, 3.63) is 0 Å². The molecule has 2 fully saturated rings. The Morgan fingerprint density at radius 3 is 2.05 bits per heavy atom. The summed E-state index contributed by atoms with van der Waals surface area (Å²) in [4.78, 5) is 37.6. The van der Waals surface area contributed by atoms with E-state index in [4.69, 9.17) is 5.11 Å². The Hall–Kier alpha value is -1.79. The van der Waals surface area contributed by atoms with E-state index in [2.05, 4.69) is 4.74 Å². The molecule has 0 aromatic rings. The van der Waals surface area contributed by atoms with E-state index < -0.39 is 11.9 Å². The molecule has 2 amide bonds. The Balaban J connectivity index is 1.88. The van der Waals surface area contributed by atoms with E-state index in [9.17, 15) is 14.4 Å². The summed E-state index contributed by atoms with van der Waals surface area (Å²) >= 11 is 0. The molecular formula is C12H18N2O5. The van der Waals surface area contributed by atoms with Gasteiger partial charge in [-0.3, -0.25) is 9.59 Å². The number of methoxy groups -OCH3 is 1. The standard InChI is InChI=1S/C12H18N2O5/c1-19-11(17)9-3-5-14(7-9)12(18)13-4-2-8(6-13)10(15)16/h8-9H,2-7H2,1H3,(H,15,16). The number of nitrogens with zero attached hydrogens (tertiary/aromatic N) is 2. The van der Waals surface area contributed by atoms with Crippen LogP contribution in [-0.2, 0) is 14.3 Å². The first-order valence-corrected chi connectivity index (χ1v) is 6.37. The highest BCUT2D eigenvalue weighted by Gasteiger charge is 2.37. The second kappa shape index (κ2) is 5.46. The number of rotatable bonds is 2. The minimum Gasteiger partial charge on any atom is -0.481 e. The third kappa shape index (κ3) is 2.80. The average molecular weight is 270 g/mol. The highest BCUT2D eigenvalue weighted by atomic mass is 16.5. The van der Waals surface area contributed by atoms with Gasteiger partial charge in [0.25, 0.3) is 0 Å². The molecule has 1 N–H and O–H groups in total. The van der Waals surface area contributed by atoms with Crippen molar-refractivity contribution >= 4 is 18.0 Å². The van der Waals surface area contributed by atoms with Crippen LogP contribution in [0.25, 0.3) is 0 Å². The number of amides is 2. The number of carbonyl (C=O) groups is 3. The lowest BCUT2D eigenvalue weighted by atomic mass is 10.1. The predicted molar refractivity (Wildman–Crippen MR) is 64.4 cm³/mol. The maximum atomic E-state index is 12.2. The topological polar surface area (TPSA) is 87.2 Å². The van der Waals surface area contributed by atoms with Crippen LogP contribution in [0.5, 0.6) is 0 Å². The molecule has 19 heavy (non-hydrogen) atoms. The second-order valence-electron chi connectivity index (χ2n) is 5.01. The molecular weight excluding hydrogens is 252 g/mol. The first kappa shape index (κ1) is 13.6. The molecule has 2 saturated heterocycles. The van der Waals surface area contributed by atoms with E-state index in [1.807, 2.05) is 0 Å². The first-order valence-electron chi connectivity index (χ1n) is 6.37. The number of ether oxygens (including phenoxy) is 1. The van der Waals surface area contributed by atoms with Crippen molar-refractivity contribution in [3.63, 3.8) is 0 Å². The minimum absolute atomic E-state index is 0.171. The maximum absolute atomic E-state index is 12.2. The summed E-state index contributed by atoms with van der Waals surface area (Å²) < 4.78 is 4.67. The van der Waals surface area contributed by atoms with E-state index in [0.717, 1.165) is 0 Å². The average Bonchev–Trinajstić information content (AvgIpc) is 3.05. The molecule has 106 valence electrons. The van der Waals surface area contributed by atoms with Crippen LogP contribution in [-0.4, -0.2) is 66.2 Å². The number of carbonyl (C=O) groups excluding carboxylic acids is 2. The van der Waals surface area contributed by atoms with Gasteiger partial charge < -0.3 is 19.6 Å². The summed E-state index contributed by atoms with van der Waals surface area (Å²) in [5.74, 6) is -1.88. The molecule has 2 rings (SSSR count). The van der Waals surface area contributed by atoms with Gasteiger partial charge in [0.2, 0.25) is 0 Å². The molecule has 2 aliphatic rings. The zero-order valence-electron chi connectivity index (χ0n) is 10.9. The van der Waals surface area contributed by atoms with Crippen LogP contribution >= 0.6 is 0 Å². The smallest absolute Gasteiger partial charge is 0.320 e. The second-order valence-corrected chi connectivity index (χ2v) is 5.01. The van der Waals surface area contributed by atoms with Crippen molar-refractivity contribution in [2.24, 2.45) is 11.8 Å². The molecule has 2 atom stereocenters. The summed E-state index contributed by atoms with van der Waals surface area (Å²) in [6, 6.07) is -0.171. The molecule has 0 spiro atoms. The minimum atomic E-state index is -0.857. The van der Waals surface area contributed by atoms with Crippen LogP contribution in [0.4, 0.5) is 4.79 Å². The van der Waals surface area contributed by atoms with Gasteiger partial charge in [-0.05, 0) is 12.8 Å². The molecule has 2 unspecified atom stereocenters. The zero-order chi connectivity index (χ0) is 14.0. The lowest BCUT2D eigenvalue weighted by Crippen LogP contribution is -2.41. The number of hydrogen-bond acceptors (Lipinski definition) is 4. The number of esters is 1. The highest BCUT2D eigenvalue weighted by Crippen LogP contribution is 2.22. The fourth-order valence-electron chi connectivity index (χ4n) is 2.63. The Morgan fingerprint density at radius 2 is 1.58 bits per heavy atom. The van der Waals surface area contributed by atoms with Crippen molar-refractivity contribution in [1.29, 1.82) is 0 Å². The number of hydrogen-bond donors (Lipinski definition) is 1. The molecule has 7 nitrogen and oxygen atoms in total. The van der Waals surface area contributed by atoms with Gasteiger partial charge in [0.15, 0.2) is 0 Å². The summed E-state index contributed by atoms with van der Waals surface area (Å²) in [6.45, 7) is 1.61. The third-order valence-electron chi connectivity index (χ3n) is 3.80. The lowest BCUT2D eigenvalue weighted by Gasteiger charge is -2.24. The van der Waals surface area contributed by atoms with Gasteiger partial charge in [0.05, 0.1) is 18.9 Å². The van der Waals surface area contributed by atoms with Crippen LogP contribution in [0.2, 0.25) is 0 Å². The summed E-state index contributed by atoms with van der Waals surface area (Å²) in [5, 5.41) is 8.91. The fourth-order valence-corrected chi connectivity index (χ4v) is 2.63. The number of carboxylic acid groups (broad SMARTS) is 1. The summed E-state index contributed by atoms with van der Waals surface area (Å²) in [6.07, 6.45) is 1.10. The van der Waals surface area contributed by atoms with Gasteiger partial charge in [-0.2, -0.15) is 0 Å². The quantitative estimate of drug-likeness (QED) is 0.714. The van der Waals surface area contributed by atoms with Crippen molar-refractivity contribution in [3.8, 4) is 0 Å². The van der Waals surface area contributed by atoms with Crippen molar-refractivity contribution in [1.82, 2.24) is 9.80 Å². The summed E-state index contributed by atoms with van der Waals surface area (Å²) in [7, 11) is 1.34. The largest absolute Gasteiger partial charge is 0.481 e. The van der Waals surface area contributed by atoms with E-state index in [0.29, 0.717) is 32.5 Å². The van der Waals surface area contributed by atoms with Gasteiger partial charge in [-0.25, -0.2) is 4.79 Å². The van der Waals surface area contributed by atoms with Crippen LogP contribution < -0.4 is 0 Å². The Morgan fingerprint density at radius 1 is 1.05 bits per heavy atom. The molecule has 2 aliphatic heterocycles. The maximum Gasteiger partial charge on any atom is 0.320 e. The van der Waals surface area contributed by atoms with Crippen molar-refractivity contribution in [2.45, 2.75) is 12.8 Å². The molecule has 0 aromatic carbocycles. The van der Waals surface area contributed by atoms with E-state index in [1.165, 1.54) is 7.11 Å².